The minimum atomic E-state index is 0.0953. The second-order valence-corrected chi connectivity index (χ2v) is 5.83. The van der Waals surface area contributed by atoms with Gasteiger partial charge in [-0.05, 0) is 52.3 Å². The second kappa shape index (κ2) is 6.84. The molecule has 1 aliphatic heterocycles. The Bertz CT molecular complexity index is 453. The van der Waals surface area contributed by atoms with Crippen LogP contribution in [0.1, 0.15) is 49.2 Å². The summed E-state index contributed by atoms with van der Waals surface area (Å²) in [6, 6.07) is 4.32. The summed E-state index contributed by atoms with van der Waals surface area (Å²) in [4.78, 5) is 18.9. The van der Waals surface area contributed by atoms with Crippen LogP contribution in [-0.4, -0.2) is 41.0 Å². The molecule has 1 N–H and O–H groups in total. The van der Waals surface area contributed by atoms with Crippen LogP contribution in [0.15, 0.2) is 18.3 Å². The lowest BCUT2D eigenvalue weighted by molar-refractivity contribution is 0.0675. The van der Waals surface area contributed by atoms with E-state index in [2.05, 4.69) is 24.1 Å². The predicted octanol–water partition coefficient (Wildman–Crippen LogP) is 2.38. The van der Waals surface area contributed by atoms with E-state index in [4.69, 9.17) is 0 Å². The summed E-state index contributed by atoms with van der Waals surface area (Å²) in [5, 5.41) is 3.52. The number of nitrogens with zero attached hydrogens (tertiary/aromatic N) is 2. The Balaban J connectivity index is 2.11. The van der Waals surface area contributed by atoms with Gasteiger partial charge in [0.05, 0.1) is 5.56 Å². The van der Waals surface area contributed by atoms with Gasteiger partial charge in [-0.25, -0.2) is 0 Å². The molecule has 1 amide bonds. The number of nitrogens with one attached hydrogen (secondary N) is 1. The van der Waals surface area contributed by atoms with Gasteiger partial charge >= 0.3 is 0 Å². The molecular formula is C16H25N3O. The zero-order valence-electron chi connectivity index (χ0n) is 12.7. The third kappa shape index (κ3) is 3.57. The van der Waals surface area contributed by atoms with Crippen molar-refractivity contribution < 1.29 is 4.79 Å². The molecule has 0 bridgehead atoms. The first kappa shape index (κ1) is 15.0. The fourth-order valence-corrected chi connectivity index (χ4v) is 2.71. The number of carbonyl (C=O) groups excluding carboxylic acids is 1. The molecule has 1 unspecified atom stereocenters. The Morgan fingerprint density at radius 3 is 2.90 bits per heavy atom. The number of carbonyl (C=O) groups is 1. The lowest BCUT2D eigenvalue weighted by Crippen LogP contribution is -2.48. The summed E-state index contributed by atoms with van der Waals surface area (Å²) >= 11 is 0. The highest BCUT2D eigenvalue weighted by Gasteiger charge is 2.24. The van der Waals surface area contributed by atoms with Gasteiger partial charge in [-0.15, -0.1) is 0 Å². The minimum Gasteiger partial charge on any atom is -0.335 e. The minimum absolute atomic E-state index is 0.0953. The Hall–Kier alpha value is -1.42. The molecular weight excluding hydrogens is 250 g/mol. The molecule has 1 fully saturated rings. The van der Waals surface area contributed by atoms with E-state index in [0.29, 0.717) is 6.04 Å². The van der Waals surface area contributed by atoms with Crippen molar-refractivity contribution in [2.24, 2.45) is 0 Å². The van der Waals surface area contributed by atoms with Crippen LogP contribution in [-0.2, 0) is 0 Å². The highest BCUT2D eigenvalue weighted by molar-refractivity contribution is 5.95. The summed E-state index contributed by atoms with van der Waals surface area (Å²) in [6.07, 6.45) is 5.38. The maximum atomic E-state index is 12.7. The smallest absolute Gasteiger partial charge is 0.255 e. The molecule has 1 aliphatic rings. The van der Waals surface area contributed by atoms with Gasteiger partial charge in [-0.3, -0.25) is 9.78 Å². The van der Waals surface area contributed by atoms with Crippen LogP contribution in [0.25, 0.3) is 0 Å². The lowest BCUT2D eigenvalue weighted by Gasteiger charge is -2.33. The second-order valence-electron chi connectivity index (χ2n) is 5.83. The number of hydrogen-bond donors (Lipinski definition) is 1. The third-order valence-electron chi connectivity index (χ3n) is 3.95. The molecule has 1 atom stereocenters. The Kier molecular flexibility index (Phi) is 5.12. The number of piperidine rings is 1. The van der Waals surface area contributed by atoms with E-state index in [0.717, 1.165) is 30.8 Å². The van der Waals surface area contributed by atoms with Gasteiger partial charge in [0.15, 0.2) is 0 Å². The zero-order valence-corrected chi connectivity index (χ0v) is 12.7. The SMILES string of the molecule is Cc1ncccc1C(=O)N(CC1CCCCN1)C(C)C. The summed E-state index contributed by atoms with van der Waals surface area (Å²) in [5.41, 5.74) is 1.52. The number of aryl methyl sites for hydroxylation is 1. The number of amides is 1. The average Bonchev–Trinajstić information content (AvgIpc) is 2.45. The van der Waals surface area contributed by atoms with E-state index in [-0.39, 0.29) is 11.9 Å². The van der Waals surface area contributed by atoms with Gasteiger partial charge in [-0.2, -0.15) is 0 Å². The molecule has 1 aromatic rings. The molecule has 0 spiro atoms. The average molecular weight is 275 g/mol. The molecule has 1 aromatic heterocycles. The van der Waals surface area contributed by atoms with Crippen molar-refractivity contribution in [2.75, 3.05) is 13.1 Å². The van der Waals surface area contributed by atoms with Crippen LogP contribution >= 0.6 is 0 Å². The molecule has 1 saturated heterocycles. The standard InChI is InChI=1S/C16H25N3O/c1-12(2)19(11-14-7-4-5-9-18-14)16(20)15-8-6-10-17-13(15)3/h6,8,10,12,14,18H,4-5,7,9,11H2,1-3H3. The predicted molar refractivity (Wildman–Crippen MR) is 80.8 cm³/mol. The number of rotatable bonds is 4. The van der Waals surface area contributed by atoms with E-state index in [1.807, 2.05) is 24.0 Å². The normalized spacial score (nSPS) is 19.1. The molecule has 2 heterocycles. The van der Waals surface area contributed by atoms with Crippen molar-refractivity contribution in [2.45, 2.75) is 52.1 Å². The van der Waals surface area contributed by atoms with Crippen LogP contribution in [0.4, 0.5) is 0 Å². The van der Waals surface area contributed by atoms with Gasteiger partial charge in [0.25, 0.3) is 5.91 Å². The van der Waals surface area contributed by atoms with E-state index < -0.39 is 0 Å². The molecule has 110 valence electrons. The third-order valence-corrected chi connectivity index (χ3v) is 3.95. The van der Waals surface area contributed by atoms with Gasteiger partial charge in [0, 0.05) is 30.5 Å². The van der Waals surface area contributed by atoms with Crippen LogP contribution in [0.2, 0.25) is 0 Å². The van der Waals surface area contributed by atoms with Crippen molar-refractivity contribution in [1.82, 2.24) is 15.2 Å². The van der Waals surface area contributed by atoms with Crippen LogP contribution in [0.3, 0.4) is 0 Å². The number of aromatic nitrogens is 1. The summed E-state index contributed by atoms with van der Waals surface area (Å²) < 4.78 is 0. The Morgan fingerprint density at radius 1 is 1.50 bits per heavy atom. The van der Waals surface area contributed by atoms with Gasteiger partial charge in [0.1, 0.15) is 0 Å². The summed E-state index contributed by atoms with van der Waals surface area (Å²) in [7, 11) is 0. The Labute approximate surface area is 121 Å². The van der Waals surface area contributed by atoms with Crippen LogP contribution in [0, 0.1) is 6.92 Å². The van der Waals surface area contributed by atoms with Crippen molar-refractivity contribution in [3.05, 3.63) is 29.6 Å². The van der Waals surface area contributed by atoms with Gasteiger partial charge in [-0.1, -0.05) is 6.42 Å². The van der Waals surface area contributed by atoms with Crippen molar-refractivity contribution >= 4 is 5.91 Å². The first-order chi connectivity index (χ1) is 9.59. The maximum Gasteiger partial charge on any atom is 0.255 e. The monoisotopic (exact) mass is 275 g/mol. The highest BCUT2D eigenvalue weighted by Crippen LogP contribution is 2.15. The van der Waals surface area contributed by atoms with Crippen LogP contribution < -0.4 is 5.32 Å². The summed E-state index contributed by atoms with van der Waals surface area (Å²) in [5.74, 6) is 0.0953. The van der Waals surface area contributed by atoms with E-state index in [1.54, 1.807) is 6.20 Å². The maximum absolute atomic E-state index is 12.7. The largest absolute Gasteiger partial charge is 0.335 e. The van der Waals surface area contributed by atoms with Crippen molar-refractivity contribution in [1.29, 1.82) is 0 Å². The van der Waals surface area contributed by atoms with Gasteiger partial charge in [0.2, 0.25) is 0 Å². The number of hydrogen-bond acceptors (Lipinski definition) is 3. The van der Waals surface area contributed by atoms with Crippen molar-refractivity contribution in [3.63, 3.8) is 0 Å². The fourth-order valence-electron chi connectivity index (χ4n) is 2.71. The van der Waals surface area contributed by atoms with Gasteiger partial charge < -0.3 is 10.2 Å². The zero-order chi connectivity index (χ0) is 14.5. The van der Waals surface area contributed by atoms with E-state index >= 15 is 0 Å². The topological polar surface area (TPSA) is 45.2 Å². The first-order valence-corrected chi connectivity index (χ1v) is 7.55. The van der Waals surface area contributed by atoms with E-state index in [1.165, 1.54) is 12.8 Å². The molecule has 0 aromatic carbocycles. The molecule has 0 radical (unpaired) electrons. The van der Waals surface area contributed by atoms with Crippen LogP contribution in [0.5, 0.6) is 0 Å². The Morgan fingerprint density at radius 2 is 2.30 bits per heavy atom. The number of pyridine rings is 1. The molecule has 0 saturated carbocycles. The molecule has 4 nitrogen and oxygen atoms in total. The molecule has 2 rings (SSSR count). The van der Waals surface area contributed by atoms with Crippen molar-refractivity contribution in [3.8, 4) is 0 Å². The fraction of sp³-hybridized carbons (Fsp3) is 0.625. The first-order valence-electron chi connectivity index (χ1n) is 7.55. The molecule has 4 heteroatoms. The molecule has 20 heavy (non-hydrogen) atoms. The highest BCUT2D eigenvalue weighted by atomic mass is 16.2. The van der Waals surface area contributed by atoms with E-state index in [9.17, 15) is 4.79 Å². The molecule has 0 aliphatic carbocycles. The quantitative estimate of drug-likeness (QED) is 0.917. The summed E-state index contributed by atoms with van der Waals surface area (Å²) in [6.45, 7) is 7.89. The lowest BCUT2D eigenvalue weighted by atomic mass is 10.0.